The lowest BCUT2D eigenvalue weighted by atomic mass is 10.5. The Morgan fingerprint density at radius 3 is 1.82 bits per heavy atom. The third kappa shape index (κ3) is 1.69. The zero-order chi connectivity index (χ0) is 11.7. The van der Waals surface area contributed by atoms with Crippen LogP contribution >= 0.6 is 0 Å². The van der Waals surface area contributed by atoms with Gasteiger partial charge in [-0.05, 0) is 0 Å². The summed E-state index contributed by atoms with van der Waals surface area (Å²) in [6.45, 7) is 0. The van der Waals surface area contributed by atoms with Crippen LogP contribution in [0.2, 0.25) is 0 Å². The minimum Gasteiger partial charge on any atom is -0.368 e. The van der Waals surface area contributed by atoms with Crippen molar-refractivity contribution in [1.82, 2.24) is 39.5 Å². The zero-order valence-electron chi connectivity index (χ0n) is 8.54. The topological polar surface area (TPSA) is 113 Å². The average molecular weight is 229 g/mol. The lowest BCUT2D eigenvalue weighted by Crippen LogP contribution is -2.08. The lowest BCUT2D eigenvalue weighted by molar-refractivity contribution is 0.806. The predicted octanol–water partition coefficient (Wildman–Crippen LogP) is -0.780. The molecule has 0 bridgehead atoms. The molecule has 17 heavy (non-hydrogen) atoms. The molecule has 3 aromatic rings. The van der Waals surface area contributed by atoms with Gasteiger partial charge in [-0.15, -0.1) is 0 Å². The molecule has 0 spiro atoms. The monoisotopic (exact) mass is 229 g/mol. The van der Waals surface area contributed by atoms with E-state index in [1.54, 1.807) is 6.07 Å². The molecule has 0 saturated carbocycles. The molecule has 9 nitrogen and oxygen atoms in total. The molecular weight excluding hydrogens is 222 g/mol. The highest BCUT2D eigenvalue weighted by atomic mass is 15.4. The Morgan fingerprint density at radius 1 is 0.882 bits per heavy atom. The van der Waals surface area contributed by atoms with Gasteiger partial charge in [0.05, 0.1) is 0 Å². The van der Waals surface area contributed by atoms with Gasteiger partial charge in [0.1, 0.15) is 25.3 Å². The Hall–Kier alpha value is -2.84. The van der Waals surface area contributed by atoms with E-state index in [2.05, 4.69) is 30.1 Å². The maximum Gasteiger partial charge on any atom is 0.224 e. The molecule has 0 atom stereocenters. The van der Waals surface area contributed by atoms with Crippen molar-refractivity contribution in [2.75, 3.05) is 5.73 Å². The molecule has 3 aromatic heterocycles. The van der Waals surface area contributed by atoms with Gasteiger partial charge in [0, 0.05) is 6.07 Å². The fourth-order valence-corrected chi connectivity index (χ4v) is 1.33. The summed E-state index contributed by atoms with van der Waals surface area (Å²) in [7, 11) is 0. The Morgan fingerprint density at radius 2 is 1.41 bits per heavy atom. The number of nitrogens with two attached hydrogens (primary N) is 1. The van der Waals surface area contributed by atoms with E-state index in [-0.39, 0.29) is 5.95 Å². The number of anilines is 1. The van der Waals surface area contributed by atoms with E-state index in [1.807, 2.05) is 0 Å². The van der Waals surface area contributed by atoms with Crippen molar-refractivity contribution in [3.05, 3.63) is 31.4 Å². The maximum absolute atomic E-state index is 5.63. The van der Waals surface area contributed by atoms with E-state index >= 15 is 0 Å². The first-order valence-corrected chi connectivity index (χ1v) is 4.67. The van der Waals surface area contributed by atoms with Crippen molar-refractivity contribution in [1.29, 1.82) is 0 Å². The summed E-state index contributed by atoms with van der Waals surface area (Å²) in [6, 6.07) is 1.68. The van der Waals surface area contributed by atoms with Gasteiger partial charge < -0.3 is 5.73 Å². The third-order valence-corrected chi connectivity index (χ3v) is 2.02. The molecule has 0 amide bonds. The fourth-order valence-electron chi connectivity index (χ4n) is 1.33. The Balaban J connectivity index is 2.13. The van der Waals surface area contributed by atoms with E-state index in [0.717, 1.165) is 0 Å². The van der Waals surface area contributed by atoms with Crippen molar-refractivity contribution < 1.29 is 0 Å². The second-order valence-electron chi connectivity index (χ2n) is 3.12. The third-order valence-electron chi connectivity index (χ3n) is 2.02. The highest BCUT2D eigenvalue weighted by molar-refractivity contribution is 5.37. The Bertz CT molecular complexity index is 560. The van der Waals surface area contributed by atoms with Gasteiger partial charge in [-0.25, -0.2) is 19.3 Å². The number of nitrogen functional groups attached to an aromatic ring is 1. The second kappa shape index (κ2) is 3.63. The quantitative estimate of drug-likeness (QED) is 0.613. The first-order chi connectivity index (χ1) is 8.33. The second-order valence-corrected chi connectivity index (χ2v) is 3.12. The van der Waals surface area contributed by atoms with Gasteiger partial charge in [-0.3, -0.25) is 0 Å². The number of rotatable bonds is 2. The highest BCUT2D eigenvalue weighted by Gasteiger charge is 2.06. The molecule has 0 radical (unpaired) electrons. The Labute approximate surface area is 95.0 Å². The van der Waals surface area contributed by atoms with Crippen molar-refractivity contribution in [2.24, 2.45) is 0 Å². The molecule has 0 saturated heterocycles. The smallest absolute Gasteiger partial charge is 0.224 e. The van der Waals surface area contributed by atoms with Crippen LogP contribution in [0.15, 0.2) is 31.4 Å². The molecule has 3 rings (SSSR count). The molecule has 0 unspecified atom stereocenters. The van der Waals surface area contributed by atoms with Crippen LogP contribution in [0.3, 0.4) is 0 Å². The summed E-state index contributed by atoms with van der Waals surface area (Å²) < 4.78 is 2.97. The molecular formula is C8H7N9. The van der Waals surface area contributed by atoms with Crippen LogP contribution in [0, 0.1) is 0 Å². The van der Waals surface area contributed by atoms with Crippen LogP contribution in [0.25, 0.3) is 11.6 Å². The molecule has 84 valence electrons. The van der Waals surface area contributed by atoms with Crippen molar-refractivity contribution >= 4 is 5.95 Å². The summed E-state index contributed by atoms with van der Waals surface area (Å²) in [4.78, 5) is 15.8. The first kappa shape index (κ1) is 9.39. The molecule has 3 heterocycles. The van der Waals surface area contributed by atoms with Gasteiger partial charge in [0.15, 0.2) is 11.6 Å². The average Bonchev–Trinajstić information content (AvgIpc) is 3.02. The van der Waals surface area contributed by atoms with E-state index in [0.29, 0.717) is 11.6 Å². The standard InChI is InChI=1S/C8H7N9/c9-8-14-6(16-4-10-2-12-16)1-7(15-8)17-5-11-3-13-17/h1-5H,(H2,9,14,15). The van der Waals surface area contributed by atoms with Crippen molar-refractivity contribution in [3.8, 4) is 11.6 Å². The summed E-state index contributed by atoms with van der Waals surface area (Å²) in [5.74, 6) is 1.16. The van der Waals surface area contributed by atoms with Gasteiger partial charge in [0.2, 0.25) is 5.95 Å². The largest absolute Gasteiger partial charge is 0.368 e. The molecule has 2 N–H and O–H groups in total. The zero-order valence-corrected chi connectivity index (χ0v) is 8.54. The number of hydrogen-bond donors (Lipinski definition) is 1. The van der Waals surface area contributed by atoms with Crippen LogP contribution in [-0.2, 0) is 0 Å². The molecule has 0 fully saturated rings. The van der Waals surface area contributed by atoms with Crippen LogP contribution in [0.5, 0.6) is 0 Å². The highest BCUT2D eigenvalue weighted by Crippen LogP contribution is 2.09. The van der Waals surface area contributed by atoms with Crippen molar-refractivity contribution in [3.63, 3.8) is 0 Å². The van der Waals surface area contributed by atoms with Gasteiger partial charge in [-0.2, -0.15) is 20.2 Å². The summed E-state index contributed by atoms with van der Waals surface area (Å²) in [5, 5.41) is 7.93. The molecule has 0 aliphatic rings. The summed E-state index contributed by atoms with van der Waals surface area (Å²) in [5.41, 5.74) is 5.63. The summed E-state index contributed by atoms with van der Waals surface area (Å²) in [6.07, 6.45) is 5.86. The molecule has 0 aliphatic heterocycles. The van der Waals surface area contributed by atoms with E-state index in [4.69, 9.17) is 5.73 Å². The SMILES string of the molecule is Nc1nc(-n2cncn2)cc(-n2cncn2)n1. The van der Waals surface area contributed by atoms with Gasteiger partial charge >= 0.3 is 0 Å². The number of aromatic nitrogens is 8. The number of hydrogen-bond acceptors (Lipinski definition) is 7. The normalized spacial score (nSPS) is 10.6. The van der Waals surface area contributed by atoms with Crippen LogP contribution in [0.4, 0.5) is 5.95 Å². The lowest BCUT2D eigenvalue weighted by Gasteiger charge is -2.04. The van der Waals surface area contributed by atoms with E-state index in [9.17, 15) is 0 Å². The first-order valence-electron chi connectivity index (χ1n) is 4.67. The molecule has 0 aliphatic carbocycles. The van der Waals surface area contributed by atoms with E-state index in [1.165, 1.54) is 34.7 Å². The Kier molecular flexibility index (Phi) is 2.00. The predicted molar refractivity (Wildman–Crippen MR) is 56.3 cm³/mol. The van der Waals surface area contributed by atoms with Crippen molar-refractivity contribution in [2.45, 2.75) is 0 Å². The maximum atomic E-state index is 5.63. The fraction of sp³-hybridized carbons (Fsp3) is 0. The van der Waals surface area contributed by atoms with E-state index < -0.39 is 0 Å². The van der Waals surface area contributed by atoms with Crippen LogP contribution < -0.4 is 5.73 Å². The van der Waals surface area contributed by atoms with Crippen LogP contribution in [0.1, 0.15) is 0 Å². The van der Waals surface area contributed by atoms with Crippen LogP contribution in [-0.4, -0.2) is 39.5 Å². The minimum absolute atomic E-state index is 0.128. The molecule has 9 heteroatoms. The van der Waals surface area contributed by atoms with Gasteiger partial charge in [-0.1, -0.05) is 0 Å². The molecule has 0 aromatic carbocycles. The van der Waals surface area contributed by atoms with Gasteiger partial charge in [0.25, 0.3) is 0 Å². The summed E-state index contributed by atoms with van der Waals surface area (Å²) >= 11 is 0. The number of nitrogens with zero attached hydrogens (tertiary/aromatic N) is 8. The minimum atomic E-state index is 0.128.